The van der Waals surface area contributed by atoms with Crippen LogP contribution in [-0.4, -0.2) is 30.2 Å². The van der Waals surface area contributed by atoms with Gasteiger partial charge in [0.1, 0.15) is 17.3 Å². The Balaban J connectivity index is 2.08. The van der Waals surface area contributed by atoms with E-state index in [1.54, 1.807) is 24.3 Å². The molecule has 2 rings (SSSR count). The van der Waals surface area contributed by atoms with Gasteiger partial charge in [-0.3, -0.25) is 10.1 Å². The Morgan fingerprint density at radius 3 is 2.33 bits per heavy atom. The van der Waals surface area contributed by atoms with Gasteiger partial charge in [0.15, 0.2) is 5.11 Å². The van der Waals surface area contributed by atoms with E-state index in [1.165, 1.54) is 14.2 Å². The normalized spacial score (nSPS) is 10.0. The Labute approximate surface area is 159 Å². The highest BCUT2D eigenvalue weighted by Gasteiger charge is 2.12. The molecule has 1 heterocycles. The highest BCUT2D eigenvalue weighted by molar-refractivity contribution is 14.1. The third kappa shape index (κ3) is 4.78. The van der Waals surface area contributed by atoms with E-state index in [2.05, 4.69) is 38.2 Å². The summed E-state index contributed by atoms with van der Waals surface area (Å²) in [6.07, 6.45) is 0. The molecule has 1 aromatic carbocycles. The van der Waals surface area contributed by atoms with Gasteiger partial charge in [-0.25, -0.2) is 4.98 Å². The van der Waals surface area contributed by atoms with Gasteiger partial charge in [-0.05, 0) is 66.0 Å². The Morgan fingerprint density at radius 1 is 1.17 bits per heavy atom. The number of amides is 1. The molecular weight excluding hydrogens is 441 g/mol. The third-order valence-electron chi connectivity index (χ3n) is 3.10. The number of rotatable bonds is 4. The van der Waals surface area contributed by atoms with Crippen molar-refractivity contribution in [3.8, 4) is 11.5 Å². The molecule has 0 radical (unpaired) electrons. The molecule has 0 atom stereocenters. The van der Waals surface area contributed by atoms with Crippen molar-refractivity contribution in [1.82, 2.24) is 10.3 Å². The van der Waals surface area contributed by atoms with Crippen molar-refractivity contribution < 1.29 is 14.3 Å². The molecule has 2 N–H and O–H groups in total. The van der Waals surface area contributed by atoms with Crippen LogP contribution in [0.5, 0.6) is 11.5 Å². The maximum absolute atomic E-state index is 12.3. The number of carbonyl (C=O) groups is 1. The number of ether oxygens (including phenoxy) is 2. The summed E-state index contributed by atoms with van der Waals surface area (Å²) in [5, 5.41) is 5.66. The molecular formula is C16H16IN3O3S. The van der Waals surface area contributed by atoms with Gasteiger partial charge in [0.25, 0.3) is 5.91 Å². The minimum Gasteiger partial charge on any atom is -0.497 e. The summed E-state index contributed by atoms with van der Waals surface area (Å²) < 4.78 is 11.4. The highest BCUT2D eigenvalue weighted by atomic mass is 127. The van der Waals surface area contributed by atoms with Crippen LogP contribution < -0.4 is 20.1 Å². The molecule has 6 nitrogen and oxygen atoms in total. The molecule has 1 aromatic heterocycles. The quantitative estimate of drug-likeness (QED) is 0.543. The molecule has 0 saturated heterocycles. The number of pyridine rings is 1. The first-order chi connectivity index (χ1) is 11.4. The molecule has 2 aromatic rings. The van der Waals surface area contributed by atoms with Crippen molar-refractivity contribution in [2.75, 3.05) is 19.5 Å². The van der Waals surface area contributed by atoms with Gasteiger partial charge in [-0.2, -0.15) is 0 Å². The molecule has 0 aliphatic rings. The Bertz CT molecular complexity index is 761. The van der Waals surface area contributed by atoms with Crippen LogP contribution in [0.1, 0.15) is 16.1 Å². The average Bonchev–Trinajstić information content (AvgIpc) is 2.57. The van der Waals surface area contributed by atoms with Crippen molar-refractivity contribution in [1.29, 1.82) is 0 Å². The van der Waals surface area contributed by atoms with Gasteiger partial charge in [0.05, 0.1) is 19.9 Å². The predicted molar refractivity (Wildman–Crippen MR) is 105 cm³/mol. The summed E-state index contributed by atoms with van der Waals surface area (Å²) in [5.74, 6) is 1.25. The van der Waals surface area contributed by atoms with Crippen molar-refractivity contribution in [2.45, 2.75) is 6.92 Å². The third-order valence-corrected chi connectivity index (χ3v) is 4.45. The number of halogens is 1. The maximum atomic E-state index is 12.3. The zero-order valence-electron chi connectivity index (χ0n) is 13.3. The number of hydrogen-bond acceptors (Lipinski definition) is 5. The van der Waals surface area contributed by atoms with Crippen molar-refractivity contribution >= 4 is 51.6 Å². The van der Waals surface area contributed by atoms with Crippen LogP contribution >= 0.6 is 34.8 Å². The number of nitrogens with zero attached hydrogens (tertiary/aromatic N) is 1. The van der Waals surface area contributed by atoms with Crippen LogP contribution in [-0.2, 0) is 0 Å². The molecule has 0 aliphatic heterocycles. The molecule has 0 bridgehead atoms. The fourth-order valence-corrected chi connectivity index (χ4v) is 2.37. The number of carbonyl (C=O) groups excluding carboxylic acids is 1. The highest BCUT2D eigenvalue weighted by Crippen LogP contribution is 2.22. The van der Waals surface area contributed by atoms with Gasteiger partial charge in [-0.1, -0.05) is 0 Å². The predicted octanol–water partition coefficient (Wildman–Crippen LogP) is 3.14. The van der Waals surface area contributed by atoms with E-state index in [0.717, 1.165) is 9.26 Å². The second-order valence-electron chi connectivity index (χ2n) is 4.77. The van der Waals surface area contributed by atoms with E-state index in [1.807, 2.05) is 13.0 Å². The monoisotopic (exact) mass is 457 g/mol. The lowest BCUT2D eigenvalue weighted by molar-refractivity contribution is 0.0977. The lowest BCUT2D eigenvalue weighted by Crippen LogP contribution is -2.34. The van der Waals surface area contributed by atoms with Gasteiger partial charge in [0, 0.05) is 15.2 Å². The summed E-state index contributed by atoms with van der Waals surface area (Å²) in [4.78, 5) is 16.7. The van der Waals surface area contributed by atoms with E-state index in [9.17, 15) is 4.79 Å². The van der Waals surface area contributed by atoms with E-state index in [0.29, 0.717) is 22.9 Å². The minimum absolute atomic E-state index is 0.162. The fraction of sp³-hybridized carbons (Fsp3) is 0.188. The average molecular weight is 457 g/mol. The van der Waals surface area contributed by atoms with Gasteiger partial charge >= 0.3 is 0 Å². The van der Waals surface area contributed by atoms with Crippen molar-refractivity contribution in [3.05, 3.63) is 45.2 Å². The molecule has 126 valence electrons. The van der Waals surface area contributed by atoms with Crippen molar-refractivity contribution in [2.24, 2.45) is 0 Å². The van der Waals surface area contributed by atoms with Crippen LogP contribution in [0.25, 0.3) is 0 Å². The zero-order chi connectivity index (χ0) is 17.7. The topological polar surface area (TPSA) is 72.5 Å². The Kier molecular flexibility index (Phi) is 6.32. The molecule has 1 amide bonds. The number of aryl methyl sites for hydroxylation is 1. The first kappa shape index (κ1) is 18.4. The smallest absolute Gasteiger partial charge is 0.257 e. The lowest BCUT2D eigenvalue weighted by atomic mass is 10.2. The van der Waals surface area contributed by atoms with E-state index < -0.39 is 0 Å². The number of thiocarbonyl (C=S) groups is 1. The molecule has 24 heavy (non-hydrogen) atoms. The van der Waals surface area contributed by atoms with E-state index in [4.69, 9.17) is 21.7 Å². The number of aromatic nitrogens is 1. The van der Waals surface area contributed by atoms with Gasteiger partial charge in [-0.15, -0.1) is 0 Å². The molecule has 0 saturated carbocycles. The standard InChI is InChI=1S/C16H16IN3O3S/c1-9-13(17)4-5-14(18-9)19-16(24)20-15(21)10-6-11(22-2)8-12(7-10)23-3/h4-8H,1-3H3,(H2,18,19,20,21,24). The second-order valence-corrected chi connectivity index (χ2v) is 6.34. The SMILES string of the molecule is COc1cc(OC)cc(C(=O)NC(=S)Nc2ccc(I)c(C)n2)c1. The van der Waals surface area contributed by atoms with E-state index >= 15 is 0 Å². The molecule has 0 spiro atoms. The summed E-state index contributed by atoms with van der Waals surface area (Å²) in [6, 6.07) is 8.61. The first-order valence-corrected chi connectivity index (χ1v) is 8.40. The zero-order valence-corrected chi connectivity index (χ0v) is 16.3. The molecule has 8 heteroatoms. The summed E-state index contributed by atoms with van der Waals surface area (Å²) in [7, 11) is 3.04. The number of anilines is 1. The van der Waals surface area contributed by atoms with Crippen LogP contribution in [0.3, 0.4) is 0 Å². The maximum Gasteiger partial charge on any atom is 0.257 e. The molecule has 0 aliphatic carbocycles. The number of hydrogen-bond donors (Lipinski definition) is 2. The van der Waals surface area contributed by atoms with Crippen LogP contribution in [0.15, 0.2) is 30.3 Å². The number of nitrogens with one attached hydrogen (secondary N) is 2. The van der Waals surface area contributed by atoms with E-state index in [-0.39, 0.29) is 11.0 Å². The van der Waals surface area contributed by atoms with Gasteiger partial charge in [0.2, 0.25) is 0 Å². The van der Waals surface area contributed by atoms with Crippen molar-refractivity contribution in [3.63, 3.8) is 0 Å². The largest absolute Gasteiger partial charge is 0.497 e. The second kappa shape index (κ2) is 8.25. The number of methoxy groups -OCH3 is 2. The van der Waals surface area contributed by atoms with Crippen LogP contribution in [0, 0.1) is 10.5 Å². The molecule has 0 fully saturated rings. The summed E-state index contributed by atoms with van der Waals surface area (Å²) >= 11 is 7.36. The first-order valence-electron chi connectivity index (χ1n) is 6.91. The lowest BCUT2D eigenvalue weighted by Gasteiger charge is -2.11. The summed E-state index contributed by atoms with van der Waals surface area (Å²) in [5.41, 5.74) is 1.26. The van der Waals surface area contributed by atoms with Crippen LogP contribution in [0.2, 0.25) is 0 Å². The summed E-state index contributed by atoms with van der Waals surface area (Å²) in [6.45, 7) is 1.90. The van der Waals surface area contributed by atoms with Crippen LogP contribution in [0.4, 0.5) is 5.82 Å². The Hall–Kier alpha value is -1.94. The number of benzene rings is 1. The molecule has 0 unspecified atom stereocenters. The van der Waals surface area contributed by atoms with Gasteiger partial charge < -0.3 is 14.8 Å². The minimum atomic E-state index is -0.369. The Morgan fingerprint density at radius 2 is 1.79 bits per heavy atom. The fourth-order valence-electron chi connectivity index (χ4n) is 1.88.